The molecule has 154 valence electrons. The molecule has 0 radical (unpaired) electrons. The molecule has 9 heteroatoms. The van der Waals surface area contributed by atoms with Gasteiger partial charge in [-0.25, -0.2) is 0 Å². The van der Waals surface area contributed by atoms with Crippen LogP contribution >= 0.6 is 23.2 Å². The Morgan fingerprint density at radius 3 is 2.34 bits per heavy atom. The normalized spacial score (nSPS) is 15.2. The van der Waals surface area contributed by atoms with E-state index in [1.165, 1.54) is 16.7 Å². The van der Waals surface area contributed by atoms with Gasteiger partial charge in [0.1, 0.15) is 11.2 Å². The highest BCUT2D eigenvalue weighted by atomic mass is 35.5. The Kier molecular flexibility index (Phi) is 6.45. The number of ether oxygens (including phenoxy) is 1. The minimum Gasteiger partial charge on any atom is -0.444 e. The fraction of sp³-hybridized carbons (Fsp3) is 0.400. The third-order valence-corrected chi connectivity index (χ3v) is 5.87. The second-order valence-electron chi connectivity index (χ2n) is 6.87. The molecule has 1 aliphatic rings. The molecular weight excluding hydrogens is 428 g/mol. The van der Waals surface area contributed by atoms with Crippen LogP contribution in [0.3, 0.4) is 0 Å². The molecule has 0 atom stereocenters. The molecule has 1 aromatic carbocycles. The maximum atomic E-state index is 12.8. The molecule has 0 bridgehead atoms. The van der Waals surface area contributed by atoms with E-state index in [1.54, 1.807) is 0 Å². The molecule has 3 rings (SSSR count). The Hall–Kier alpha value is -2.17. The highest BCUT2D eigenvalue weighted by molar-refractivity contribution is 6.42. The van der Waals surface area contributed by atoms with Gasteiger partial charge in [0.25, 0.3) is 0 Å². The van der Waals surface area contributed by atoms with E-state index in [1.807, 2.05) is 6.07 Å². The summed E-state index contributed by atoms with van der Waals surface area (Å²) >= 11 is 12.4. The van der Waals surface area contributed by atoms with E-state index in [0.717, 1.165) is 44.2 Å². The summed E-state index contributed by atoms with van der Waals surface area (Å²) in [6.07, 6.45) is 0.0503. The molecule has 29 heavy (non-hydrogen) atoms. The topological polar surface area (TPSA) is 55.0 Å². The molecule has 4 nitrogen and oxygen atoms in total. The van der Waals surface area contributed by atoms with Gasteiger partial charge in [0, 0.05) is 0 Å². The average Bonchev–Trinajstić information content (AvgIpc) is 2.96. The lowest BCUT2D eigenvalue weighted by Crippen LogP contribution is -2.21. The van der Waals surface area contributed by atoms with Crippen molar-refractivity contribution in [1.29, 1.82) is 5.26 Å². The monoisotopic (exact) mass is 444 g/mol. The number of halogens is 5. The van der Waals surface area contributed by atoms with Crippen LogP contribution in [0.4, 0.5) is 13.2 Å². The molecule has 1 aromatic heterocycles. The Balaban J connectivity index is 1.91. The van der Waals surface area contributed by atoms with Crippen LogP contribution in [-0.4, -0.2) is 10.5 Å². The Morgan fingerprint density at radius 1 is 1.17 bits per heavy atom. The Bertz CT molecular complexity index is 941. The fourth-order valence-corrected chi connectivity index (χ4v) is 3.95. The number of benzene rings is 1. The predicted octanol–water partition coefficient (Wildman–Crippen LogP) is 6.43. The molecule has 0 saturated heterocycles. The van der Waals surface area contributed by atoms with E-state index < -0.39 is 11.7 Å². The first-order valence-corrected chi connectivity index (χ1v) is 9.81. The van der Waals surface area contributed by atoms with Crippen molar-refractivity contribution >= 4 is 29.2 Å². The van der Waals surface area contributed by atoms with Crippen LogP contribution in [0.2, 0.25) is 10.2 Å². The van der Waals surface area contributed by atoms with Crippen molar-refractivity contribution in [3.05, 3.63) is 45.6 Å². The van der Waals surface area contributed by atoms with Crippen LogP contribution in [0.5, 0.6) is 0 Å². The number of hydrogen-bond acceptors (Lipinski definition) is 3. The first-order valence-electron chi connectivity index (χ1n) is 9.06. The minimum absolute atomic E-state index is 0.00476. The van der Waals surface area contributed by atoms with E-state index in [2.05, 4.69) is 0 Å². The van der Waals surface area contributed by atoms with Crippen molar-refractivity contribution in [2.75, 3.05) is 0 Å². The summed E-state index contributed by atoms with van der Waals surface area (Å²) < 4.78 is 45.3. The summed E-state index contributed by atoms with van der Waals surface area (Å²) in [5.74, 6) is -0.541. The summed E-state index contributed by atoms with van der Waals surface area (Å²) in [4.78, 5) is 12.3. The second-order valence-corrected chi connectivity index (χ2v) is 7.61. The van der Waals surface area contributed by atoms with Gasteiger partial charge in [0.05, 0.1) is 27.8 Å². The lowest BCUT2D eigenvalue weighted by atomic mass is 9.89. The number of hydrogen-bond donors (Lipinski definition) is 0. The zero-order chi connectivity index (χ0) is 21.2. The zero-order valence-corrected chi connectivity index (χ0v) is 16.7. The van der Waals surface area contributed by atoms with Crippen LogP contribution in [0, 0.1) is 17.2 Å². The van der Waals surface area contributed by atoms with Crippen LogP contribution in [0.1, 0.15) is 43.2 Å². The van der Waals surface area contributed by atoms with Gasteiger partial charge in [-0.05, 0) is 30.5 Å². The number of carbonyl (C=O) groups excluding carboxylic acids is 1. The van der Waals surface area contributed by atoms with Crippen molar-refractivity contribution < 1.29 is 22.7 Å². The quantitative estimate of drug-likeness (QED) is 0.510. The van der Waals surface area contributed by atoms with Gasteiger partial charge < -0.3 is 4.74 Å². The molecule has 0 amide bonds. The molecular formula is C20H17Cl2F3N2O2. The highest BCUT2D eigenvalue weighted by Crippen LogP contribution is 2.39. The third-order valence-electron chi connectivity index (χ3n) is 5.02. The van der Waals surface area contributed by atoms with Crippen molar-refractivity contribution in [3.63, 3.8) is 0 Å². The van der Waals surface area contributed by atoms with Gasteiger partial charge in [-0.3, -0.25) is 9.36 Å². The lowest BCUT2D eigenvalue weighted by molar-refractivity contribution is -0.153. The summed E-state index contributed by atoms with van der Waals surface area (Å²) in [6, 6.07) is 6.19. The maximum Gasteiger partial charge on any atom is 0.416 e. The van der Waals surface area contributed by atoms with Crippen LogP contribution in [0.25, 0.3) is 11.3 Å². The first-order chi connectivity index (χ1) is 13.7. The van der Waals surface area contributed by atoms with Gasteiger partial charge in [-0.15, -0.1) is 0 Å². The van der Waals surface area contributed by atoms with Crippen molar-refractivity contribution in [1.82, 2.24) is 4.57 Å². The molecule has 0 spiro atoms. The van der Waals surface area contributed by atoms with E-state index in [4.69, 9.17) is 27.9 Å². The molecule has 1 aliphatic carbocycles. The minimum atomic E-state index is -4.48. The standard InChI is InChI=1S/C20H17Cl2F3N2O2/c21-16-15(10-26)17(12-6-8-14(9-7-12)20(23,24)25)27(18(16)22)11-29-19(28)13-4-2-1-3-5-13/h6-9,13H,1-5,11H2. The van der Waals surface area contributed by atoms with Crippen LogP contribution in [0.15, 0.2) is 24.3 Å². The van der Waals surface area contributed by atoms with Crippen molar-refractivity contribution in [2.24, 2.45) is 5.92 Å². The summed E-state index contributed by atoms with van der Waals surface area (Å²) in [5.41, 5.74) is -0.311. The largest absolute Gasteiger partial charge is 0.444 e. The second kappa shape index (κ2) is 8.68. The summed E-state index contributed by atoms with van der Waals surface area (Å²) in [7, 11) is 0. The lowest BCUT2D eigenvalue weighted by Gasteiger charge is -2.20. The summed E-state index contributed by atoms with van der Waals surface area (Å²) in [5, 5.41) is 9.41. The highest BCUT2D eigenvalue weighted by Gasteiger charge is 2.31. The number of nitrogens with zero attached hydrogens (tertiary/aromatic N) is 2. The van der Waals surface area contributed by atoms with Gasteiger partial charge >= 0.3 is 12.1 Å². The van der Waals surface area contributed by atoms with Crippen LogP contribution in [-0.2, 0) is 22.4 Å². The van der Waals surface area contributed by atoms with E-state index in [0.29, 0.717) is 5.56 Å². The van der Waals surface area contributed by atoms with Gasteiger partial charge in [-0.2, -0.15) is 18.4 Å². The fourth-order valence-electron chi connectivity index (χ4n) is 3.48. The molecule has 0 unspecified atom stereocenters. The maximum absolute atomic E-state index is 12.8. The van der Waals surface area contributed by atoms with Gasteiger partial charge in [0.15, 0.2) is 6.73 Å². The van der Waals surface area contributed by atoms with Crippen LogP contribution < -0.4 is 0 Å². The molecule has 1 heterocycles. The van der Waals surface area contributed by atoms with Crippen molar-refractivity contribution in [3.8, 4) is 17.3 Å². The van der Waals surface area contributed by atoms with E-state index in [-0.39, 0.29) is 40.1 Å². The molecule has 0 N–H and O–H groups in total. The number of carbonyl (C=O) groups is 1. The average molecular weight is 445 g/mol. The zero-order valence-electron chi connectivity index (χ0n) is 15.2. The SMILES string of the molecule is N#Cc1c(Cl)c(Cl)n(COC(=O)C2CCCCC2)c1-c1ccc(C(F)(F)F)cc1. The van der Waals surface area contributed by atoms with E-state index in [9.17, 15) is 23.2 Å². The molecule has 1 fully saturated rings. The number of rotatable bonds is 4. The molecule has 0 aliphatic heterocycles. The molecule has 1 saturated carbocycles. The number of nitriles is 1. The third kappa shape index (κ3) is 4.54. The molecule has 2 aromatic rings. The van der Waals surface area contributed by atoms with E-state index >= 15 is 0 Å². The smallest absolute Gasteiger partial charge is 0.416 e. The van der Waals surface area contributed by atoms with Gasteiger partial charge in [-0.1, -0.05) is 54.6 Å². The van der Waals surface area contributed by atoms with Gasteiger partial charge in [0.2, 0.25) is 0 Å². The summed E-state index contributed by atoms with van der Waals surface area (Å²) in [6.45, 7) is -0.286. The Morgan fingerprint density at radius 2 is 1.79 bits per heavy atom. The number of aromatic nitrogens is 1. The number of alkyl halides is 3. The predicted molar refractivity (Wildman–Crippen MR) is 102 cm³/mol. The number of esters is 1. The Labute approximate surface area is 175 Å². The first kappa shape index (κ1) is 21.5. The van der Waals surface area contributed by atoms with Crippen molar-refractivity contribution in [2.45, 2.75) is 45.0 Å².